The molecule has 0 saturated heterocycles. The van der Waals surface area contributed by atoms with Crippen molar-refractivity contribution in [3.05, 3.63) is 24.3 Å². The van der Waals surface area contributed by atoms with Gasteiger partial charge in [-0.1, -0.05) is 115 Å². The fourth-order valence-corrected chi connectivity index (χ4v) is 5.12. The molecule has 0 rings (SSSR count). The van der Waals surface area contributed by atoms with E-state index in [1.165, 1.54) is 70.6 Å². The van der Waals surface area contributed by atoms with E-state index in [4.69, 9.17) is 9.05 Å². The Morgan fingerprint density at radius 3 is 1.93 bits per heavy atom. The van der Waals surface area contributed by atoms with Gasteiger partial charge < -0.3 is 28.8 Å². The van der Waals surface area contributed by atoms with Crippen molar-refractivity contribution in [2.24, 2.45) is 0 Å². The second-order valence-electron chi connectivity index (χ2n) is 12.5. The molecule has 0 saturated carbocycles. The van der Waals surface area contributed by atoms with Crippen molar-refractivity contribution >= 4 is 13.7 Å². The molecule has 0 aliphatic heterocycles. The number of hydrogen-bond donors (Lipinski definition) is 2. The summed E-state index contributed by atoms with van der Waals surface area (Å²) in [4.78, 5) is 24.6. The van der Waals surface area contributed by atoms with Gasteiger partial charge in [0.05, 0.1) is 39.9 Å². The summed E-state index contributed by atoms with van der Waals surface area (Å²) in [5.74, 6) is -0.235. The molecular formula is C33H65N2O6P. The van der Waals surface area contributed by atoms with Crippen LogP contribution in [0.15, 0.2) is 24.3 Å². The summed E-state index contributed by atoms with van der Waals surface area (Å²) < 4.78 is 22.8. The molecule has 9 heteroatoms. The van der Waals surface area contributed by atoms with Gasteiger partial charge in [-0.05, 0) is 32.1 Å². The summed E-state index contributed by atoms with van der Waals surface area (Å²) in [5.41, 5.74) is 0. The Labute approximate surface area is 258 Å². The Morgan fingerprint density at radius 1 is 0.810 bits per heavy atom. The Bertz CT molecular complexity index is 753. The number of rotatable bonds is 29. The first-order valence-electron chi connectivity index (χ1n) is 16.7. The van der Waals surface area contributed by atoms with Crippen LogP contribution < -0.4 is 10.2 Å². The van der Waals surface area contributed by atoms with Crippen molar-refractivity contribution in [2.45, 2.75) is 142 Å². The van der Waals surface area contributed by atoms with Crippen molar-refractivity contribution in [1.29, 1.82) is 0 Å². The number of amides is 1. The SMILES string of the molecule is CCCCCCCCCCCCC/C=C/CC/C=C/C(O)C(COP(=O)([O-])OCC[N+](C)(C)C)NC(=O)CCCCC. The van der Waals surface area contributed by atoms with Gasteiger partial charge in [0.15, 0.2) is 0 Å². The number of allylic oxidation sites excluding steroid dienone is 3. The molecule has 8 nitrogen and oxygen atoms in total. The van der Waals surface area contributed by atoms with Gasteiger partial charge in [0.2, 0.25) is 5.91 Å². The average Bonchev–Trinajstić information content (AvgIpc) is 2.92. The highest BCUT2D eigenvalue weighted by Crippen LogP contribution is 2.38. The van der Waals surface area contributed by atoms with E-state index in [1.807, 2.05) is 27.2 Å². The van der Waals surface area contributed by atoms with Crippen LogP contribution in [0.4, 0.5) is 0 Å². The van der Waals surface area contributed by atoms with Crippen LogP contribution in [0.2, 0.25) is 0 Å². The summed E-state index contributed by atoms with van der Waals surface area (Å²) in [6.07, 6.45) is 27.3. The van der Waals surface area contributed by atoms with E-state index < -0.39 is 26.6 Å². The van der Waals surface area contributed by atoms with Crippen LogP contribution in [0, 0.1) is 0 Å². The van der Waals surface area contributed by atoms with Crippen LogP contribution in [0.25, 0.3) is 0 Å². The molecule has 0 aromatic carbocycles. The molecule has 0 fully saturated rings. The molecule has 0 aliphatic carbocycles. The normalized spacial score (nSPS) is 15.3. The third kappa shape index (κ3) is 27.8. The lowest BCUT2D eigenvalue weighted by atomic mass is 10.1. The van der Waals surface area contributed by atoms with Crippen LogP contribution in [0.5, 0.6) is 0 Å². The topological polar surface area (TPSA) is 108 Å². The van der Waals surface area contributed by atoms with E-state index in [-0.39, 0.29) is 12.5 Å². The molecular weight excluding hydrogens is 551 g/mol. The van der Waals surface area contributed by atoms with E-state index in [0.717, 1.165) is 38.5 Å². The van der Waals surface area contributed by atoms with Crippen LogP contribution in [-0.4, -0.2) is 68.5 Å². The van der Waals surface area contributed by atoms with Crippen LogP contribution in [-0.2, 0) is 18.4 Å². The molecule has 0 radical (unpaired) electrons. The predicted octanol–water partition coefficient (Wildman–Crippen LogP) is 7.21. The molecule has 0 aromatic rings. The number of nitrogens with one attached hydrogen (secondary N) is 1. The first-order chi connectivity index (χ1) is 20.0. The summed E-state index contributed by atoms with van der Waals surface area (Å²) in [5, 5.41) is 13.4. The maximum Gasteiger partial charge on any atom is 0.268 e. The Morgan fingerprint density at radius 2 is 1.33 bits per heavy atom. The van der Waals surface area contributed by atoms with Gasteiger partial charge in [0.25, 0.3) is 7.82 Å². The predicted molar refractivity (Wildman–Crippen MR) is 173 cm³/mol. The first kappa shape index (κ1) is 41.0. The molecule has 248 valence electrons. The second-order valence-corrected chi connectivity index (χ2v) is 13.9. The average molecular weight is 617 g/mol. The third-order valence-electron chi connectivity index (χ3n) is 7.16. The van der Waals surface area contributed by atoms with Crippen LogP contribution in [0.1, 0.15) is 129 Å². The maximum absolute atomic E-state index is 12.4. The summed E-state index contributed by atoms with van der Waals surface area (Å²) >= 11 is 0. The van der Waals surface area contributed by atoms with Crippen molar-refractivity contribution in [1.82, 2.24) is 5.32 Å². The zero-order chi connectivity index (χ0) is 31.5. The van der Waals surface area contributed by atoms with Crippen molar-refractivity contribution in [3.8, 4) is 0 Å². The maximum atomic E-state index is 12.4. The van der Waals surface area contributed by atoms with E-state index in [0.29, 0.717) is 17.4 Å². The van der Waals surface area contributed by atoms with Crippen LogP contribution in [0.3, 0.4) is 0 Å². The first-order valence-corrected chi connectivity index (χ1v) is 18.2. The number of phosphoric acid groups is 1. The van der Waals surface area contributed by atoms with Gasteiger partial charge in [-0.25, -0.2) is 0 Å². The minimum atomic E-state index is -4.56. The van der Waals surface area contributed by atoms with Gasteiger partial charge >= 0.3 is 0 Å². The number of unbranched alkanes of at least 4 members (excludes halogenated alkanes) is 14. The highest BCUT2D eigenvalue weighted by molar-refractivity contribution is 7.45. The lowest BCUT2D eigenvalue weighted by molar-refractivity contribution is -0.870. The minimum Gasteiger partial charge on any atom is -0.756 e. The van der Waals surface area contributed by atoms with E-state index in [2.05, 4.69) is 31.3 Å². The van der Waals surface area contributed by atoms with E-state index in [1.54, 1.807) is 6.08 Å². The highest BCUT2D eigenvalue weighted by Gasteiger charge is 2.23. The van der Waals surface area contributed by atoms with Crippen molar-refractivity contribution in [3.63, 3.8) is 0 Å². The number of quaternary nitrogens is 1. The number of carbonyl (C=O) groups excluding carboxylic acids is 1. The fraction of sp³-hybridized carbons (Fsp3) is 0.848. The van der Waals surface area contributed by atoms with Crippen LogP contribution >= 0.6 is 7.82 Å². The van der Waals surface area contributed by atoms with E-state index in [9.17, 15) is 19.4 Å². The number of aliphatic hydroxyl groups is 1. The standard InChI is InChI=1S/C33H65N2O6P/c1-6-8-10-11-12-13-14-15-16-17-18-19-20-21-22-23-25-26-32(36)31(34-33(37)27-24-9-7-2)30-41-42(38,39)40-29-28-35(3,4)5/h20-21,25-26,31-32,36H,6-19,22-24,27-30H2,1-5H3,(H-,34,37,38,39)/b21-20+,26-25+. The third-order valence-corrected chi connectivity index (χ3v) is 8.13. The molecule has 1 amide bonds. The molecule has 0 heterocycles. The van der Waals surface area contributed by atoms with Gasteiger partial charge in [-0.15, -0.1) is 0 Å². The molecule has 0 aliphatic rings. The number of phosphoric ester groups is 1. The molecule has 0 aromatic heterocycles. The smallest absolute Gasteiger partial charge is 0.268 e. The zero-order valence-electron chi connectivity index (χ0n) is 27.7. The molecule has 42 heavy (non-hydrogen) atoms. The number of hydrogen-bond acceptors (Lipinski definition) is 6. The van der Waals surface area contributed by atoms with Gasteiger partial charge in [-0.3, -0.25) is 9.36 Å². The van der Waals surface area contributed by atoms with Gasteiger partial charge in [0, 0.05) is 6.42 Å². The van der Waals surface area contributed by atoms with Gasteiger partial charge in [0.1, 0.15) is 13.2 Å². The van der Waals surface area contributed by atoms with Crippen molar-refractivity contribution < 1.29 is 32.9 Å². The largest absolute Gasteiger partial charge is 0.756 e. The summed E-state index contributed by atoms with van der Waals surface area (Å²) in [6, 6.07) is -0.892. The number of nitrogens with zero attached hydrogens (tertiary/aromatic N) is 1. The Balaban J connectivity index is 4.39. The molecule has 3 unspecified atom stereocenters. The number of carbonyl (C=O) groups is 1. The summed E-state index contributed by atoms with van der Waals surface area (Å²) in [6.45, 7) is 4.41. The fourth-order valence-electron chi connectivity index (χ4n) is 4.40. The number of likely N-dealkylation sites (N-methyl/N-ethyl adjacent to an activating group) is 1. The minimum absolute atomic E-state index is 0.00640. The lowest BCUT2D eigenvalue weighted by Crippen LogP contribution is -2.45. The van der Waals surface area contributed by atoms with E-state index >= 15 is 0 Å². The Hall–Kier alpha value is -1.02. The quantitative estimate of drug-likeness (QED) is 0.0398. The molecule has 2 N–H and O–H groups in total. The lowest BCUT2D eigenvalue weighted by Gasteiger charge is -2.29. The number of aliphatic hydroxyl groups excluding tert-OH is 1. The monoisotopic (exact) mass is 616 g/mol. The zero-order valence-corrected chi connectivity index (χ0v) is 28.6. The second kappa shape index (κ2) is 26.4. The molecule has 0 bridgehead atoms. The molecule has 0 spiro atoms. The Kier molecular flexibility index (Phi) is 25.7. The van der Waals surface area contributed by atoms with Gasteiger partial charge in [-0.2, -0.15) is 0 Å². The highest BCUT2D eigenvalue weighted by atomic mass is 31.2. The van der Waals surface area contributed by atoms with Crippen molar-refractivity contribution in [2.75, 3.05) is 40.9 Å². The molecule has 3 atom stereocenters. The summed E-state index contributed by atoms with van der Waals surface area (Å²) in [7, 11) is 1.23.